The number of rotatable bonds is 7. The lowest BCUT2D eigenvalue weighted by atomic mass is 9.78. The summed E-state index contributed by atoms with van der Waals surface area (Å²) >= 11 is 0. The van der Waals surface area contributed by atoms with Crippen molar-refractivity contribution in [3.8, 4) is 16.9 Å². The molecule has 3 aromatic rings. The number of hydrogen-bond donors (Lipinski definition) is 1. The number of hydrogen-bond acceptors (Lipinski definition) is 5. The minimum atomic E-state index is -3.50. The maximum absolute atomic E-state index is 14.9. The molecular weight excluding hydrogens is 469 g/mol. The number of fused-ring (bicyclic) bond motifs is 1. The van der Waals surface area contributed by atoms with Crippen LogP contribution in [0.25, 0.3) is 11.1 Å². The van der Waals surface area contributed by atoms with Gasteiger partial charge >= 0.3 is 0 Å². The number of halogens is 1. The molecule has 1 heterocycles. The van der Waals surface area contributed by atoms with E-state index in [1.807, 2.05) is 38.1 Å². The molecule has 2 unspecified atom stereocenters. The fourth-order valence-electron chi connectivity index (χ4n) is 4.82. The maximum atomic E-state index is 14.9. The van der Waals surface area contributed by atoms with Crippen molar-refractivity contribution in [1.82, 2.24) is 14.3 Å². The van der Waals surface area contributed by atoms with Gasteiger partial charge in [0.15, 0.2) is 11.6 Å². The molecule has 1 aliphatic carbocycles. The van der Waals surface area contributed by atoms with E-state index >= 15 is 0 Å². The summed E-state index contributed by atoms with van der Waals surface area (Å²) in [6, 6.07) is 11.9. The van der Waals surface area contributed by atoms with Crippen molar-refractivity contribution in [3.63, 3.8) is 0 Å². The number of sulfonamides is 1. The Labute approximate surface area is 205 Å². The summed E-state index contributed by atoms with van der Waals surface area (Å²) in [4.78, 5) is 18.0. The molecule has 0 bridgehead atoms. The van der Waals surface area contributed by atoms with Gasteiger partial charge in [0.25, 0.3) is 5.56 Å². The van der Waals surface area contributed by atoms with Crippen LogP contribution in [0, 0.1) is 5.82 Å². The van der Waals surface area contributed by atoms with E-state index < -0.39 is 27.8 Å². The normalized spacial score (nSPS) is 17.9. The van der Waals surface area contributed by atoms with E-state index in [2.05, 4.69) is 9.71 Å². The van der Waals surface area contributed by atoms with Crippen molar-refractivity contribution in [2.45, 2.75) is 51.1 Å². The summed E-state index contributed by atoms with van der Waals surface area (Å²) in [6.07, 6.45) is 4.15. The second-order valence-corrected chi connectivity index (χ2v) is 11.1. The van der Waals surface area contributed by atoms with Gasteiger partial charge in [-0.15, -0.1) is 0 Å². The molecule has 4 rings (SSSR count). The predicted octanol–water partition coefficient (Wildman–Crippen LogP) is 3.83. The highest BCUT2D eigenvalue weighted by Gasteiger charge is 2.35. The van der Waals surface area contributed by atoms with Gasteiger partial charge in [-0.3, -0.25) is 9.36 Å². The molecule has 0 saturated heterocycles. The number of ether oxygens (including phenoxy) is 1. The van der Waals surface area contributed by atoms with Gasteiger partial charge in [0.05, 0.1) is 25.4 Å². The summed E-state index contributed by atoms with van der Waals surface area (Å²) in [5.74, 6) is -0.701. The summed E-state index contributed by atoms with van der Waals surface area (Å²) in [6.45, 7) is 3.82. The molecule has 0 amide bonds. The second kappa shape index (κ2) is 9.91. The minimum absolute atomic E-state index is 0.0800. The van der Waals surface area contributed by atoms with Gasteiger partial charge in [-0.05, 0) is 50.3 Å². The zero-order valence-electron chi connectivity index (χ0n) is 20.3. The summed E-state index contributed by atoms with van der Waals surface area (Å²) in [5.41, 5.74) is 3.05. The molecule has 0 radical (unpaired) electrons. The number of nitrogens with one attached hydrogen (secondary N) is 1. The van der Waals surface area contributed by atoms with Crippen LogP contribution in [-0.2, 0) is 22.9 Å². The molecule has 186 valence electrons. The monoisotopic (exact) mass is 499 g/mol. The van der Waals surface area contributed by atoms with E-state index in [9.17, 15) is 17.6 Å². The molecule has 1 aromatic heterocycles. The Bertz CT molecular complexity index is 1400. The van der Waals surface area contributed by atoms with Crippen molar-refractivity contribution < 1.29 is 17.5 Å². The number of aryl methyl sites for hydroxylation is 1. The Morgan fingerprint density at radius 3 is 2.66 bits per heavy atom. The molecular formula is C26H30FN3O4S. The third kappa shape index (κ3) is 5.31. The fraction of sp³-hybridized carbons (Fsp3) is 0.385. The van der Waals surface area contributed by atoms with E-state index in [1.165, 1.54) is 7.11 Å². The average molecular weight is 500 g/mol. The van der Waals surface area contributed by atoms with Gasteiger partial charge in [-0.1, -0.05) is 36.4 Å². The van der Waals surface area contributed by atoms with Crippen LogP contribution < -0.4 is 15.0 Å². The first-order chi connectivity index (χ1) is 16.6. The maximum Gasteiger partial charge on any atom is 0.257 e. The first-order valence-corrected chi connectivity index (χ1v) is 13.5. The first kappa shape index (κ1) is 25.1. The minimum Gasteiger partial charge on any atom is -0.494 e. The van der Waals surface area contributed by atoms with Crippen LogP contribution in [0.2, 0.25) is 0 Å². The highest BCUT2D eigenvalue weighted by molar-refractivity contribution is 7.88. The van der Waals surface area contributed by atoms with Gasteiger partial charge in [-0.25, -0.2) is 22.5 Å². The van der Waals surface area contributed by atoms with Gasteiger partial charge in [0, 0.05) is 29.1 Å². The Balaban J connectivity index is 1.78. The lowest BCUT2D eigenvalue weighted by molar-refractivity contribution is 0.387. The molecule has 1 aliphatic rings. The lowest BCUT2D eigenvalue weighted by Crippen LogP contribution is -2.45. The zero-order chi connectivity index (χ0) is 25.3. The van der Waals surface area contributed by atoms with Crippen LogP contribution in [0.3, 0.4) is 0 Å². The van der Waals surface area contributed by atoms with Crippen LogP contribution in [0.15, 0.2) is 53.6 Å². The summed E-state index contributed by atoms with van der Waals surface area (Å²) in [7, 11) is -2.08. The van der Waals surface area contributed by atoms with Crippen molar-refractivity contribution >= 4 is 10.0 Å². The Morgan fingerprint density at radius 1 is 1.23 bits per heavy atom. The van der Waals surface area contributed by atoms with Crippen molar-refractivity contribution in [2.75, 3.05) is 13.4 Å². The highest BCUT2D eigenvalue weighted by Crippen LogP contribution is 2.34. The first-order valence-electron chi connectivity index (χ1n) is 11.6. The fourth-order valence-corrected chi connectivity index (χ4v) is 5.65. The van der Waals surface area contributed by atoms with Gasteiger partial charge in [-0.2, -0.15) is 0 Å². The van der Waals surface area contributed by atoms with Crippen LogP contribution >= 0.6 is 0 Å². The third-order valence-corrected chi connectivity index (χ3v) is 7.19. The number of nitrogens with zero attached hydrogens (tertiary/aromatic N) is 2. The molecule has 2 atom stereocenters. The Hall–Kier alpha value is -3.04. The van der Waals surface area contributed by atoms with E-state index in [4.69, 9.17) is 4.74 Å². The third-order valence-electron chi connectivity index (χ3n) is 6.46. The Kier molecular flexibility index (Phi) is 7.10. The smallest absolute Gasteiger partial charge is 0.257 e. The predicted molar refractivity (Wildman–Crippen MR) is 134 cm³/mol. The average Bonchev–Trinajstić information content (AvgIpc) is 2.80. The number of aromatic nitrogens is 2. The quantitative estimate of drug-likeness (QED) is 0.534. The number of methoxy groups -OCH3 is 1. The van der Waals surface area contributed by atoms with Gasteiger partial charge in [0.1, 0.15) is 0 Å². The Morgan fingerprint density at radius 2 is 1.97 bits per heavy atom. The van der Waals surface area contributed by atoms with E-state index in [0.29, 0.717) is 41.6 Å². The molecule has 1 N–H and O–H groups in total. The topological polar surface area (TPSA) is 90.3 Å². The number of benzene rings is 2. The molecule has 0 aliphatic heterocycles. The molecule has 9 heteroatoms. The van der Waals surface area contributed by atoms with Gasteiger partial charge < -0.3 is 4.74 Å². The molecule has 0 fully saturated rings. The molecule has 2 aromatic carbocycles. The van der Waals surface area contributed by atoms with E-state index in [-0.39, 0.29) is 17.4 Å². The lowest BCUT2D eigenvalue weighted by Gasteiger charge is -2.33. The van der Waals surface area contributed by atoms with Crippen LogP contribution in [0.5, 0.6) is 5.75 Å². The highest BCUT2D eigenvalue weighted by atomic mass is 32.2. The standard InChI is InChI=1S/C26H30FN3O4S/c1-16(2)30-15-28-22-12-11-21(29-35(4,32)33)20(24(22)26(30)31)14-17-7-5-8-18(13-17)19-9-6-10-23(34-3)25(19)27/h5-10,13,15-16,20-21,29H,11-12,14H2,1-4H3. The van der Waals surface area contributed by atoms with Crippen LogP contribution in [0.4, 0.5) is 4.39 Å². The molecule has 35 heavy (non-hydrogen) atoms. The summed E-state index contributed by atoms with van der Waals surface area (Å²) in [5, 5.41) is 0. The van der Waals surface area contributed by atoms with Crippen molar-refractivity contribution in [3.05, 3.63) is 81.8 Å². The molecule has 0 saturated carbocycles. The van der Waals surface area contributed by atoms with Crippen LogP contribution in [0.1, 0.15) is 49.0 Å². The second-order valence-electron chi connectivity index (χ2n) is 9.28. The van der Waals surface area contributed by atoms with Crippen LogP contribution in [-0.4, -0.2) is 37.4 Å². The zero-order valence-corrected chi connectivity index (χ0v) is 21.1. The van der Waals surface area contributed by atoms with Gasteiger partial charge in [0.2, 0.25) is 10.0 Å². The van der Waals surface area contributed by atoms with E-state index in [1.54, 1.807) is 29.1 Å². The van der Waals surface area contributed by atoms with Crippen molar-refractivity contribution in [2.24, 2.45) is 0 Å². The SMILES string of the molecule is COc1cccc(-c2cccc(CC3c4c(ncn(C(C)C)c4=O)CCC3NS(C)(=O)=O)c2)c1F. The van der Waals surface area contributed by atoms with E-state index in [0.717, 1.165) is 11.8 Å². The molecule has 0 spiro atoms. The largest absolute Gasteiger partial charge is 0.494 e. The van der Waals surface area contributed by atoms with Crippen molar-refractivity contribution in [1.29, 1.82) is 0 Å². The molecule has 7 nitrogen and oxygen atoms in total. The summed E-state index contributed by atoms with van der Waals surface area (Å²) < 4.78 is 48.6.